The van der Waals surface area contributed by atoms with Gasteiger partial charge in [-0.2, -0.15) is 0 Å². The van der Waals surface area contributed by atoms with E-state index in [4.69, 9.17) is 16.3 Å². The van der Waals surface area contributed by atoms with Gasteiger partial charge in [0.2, 0.25) is 5.91 Å². The van der Waals surface area contributed by atoms with E-state index in [0.717, 1.165) is 29.7 Å². The first-order valence-electron chi connectivity index (χ1n) is 9.96. The summed E-state index contributed by atoms with van der Waals surface area (Å²) in [6.07, 6.45) is 1.47. The number of ether oxygens (including phenoxy) is 1. The summed E-state index contributed by atoms with van der Waals surface area (Å²) >= 11 is 9.83. The van der Waals surface area contributed by atoms with Crippen LogP contribution in [0.4, 0.5) is 11.4 Å². The highest BCUT2D eigenvalue weighted by atomic mass is 79.9. The molecule has 2 aromatic carbocycles. The molecule has 6 nitrogen and oxygen atoms in total. The SMILES string of the molecule is CCCC(=O)N1CCN(c2ccc(NC(=O)COc3ccc(Br)cc3)cc2Cl)CC1. The van der Waals surface area contributed by atoms with E-state index in [2.05, 4.69) is 26.1 Å². The fourth-order valence-electron chi connectivity index (χ4n) is 3.29. The van der Waals surface area contributed by atoms with Crippen molar-refractivity contribution in [1.82, 2.24) is 4.90 Å². The molecule has 30 heavy (non-hydrogen) atoms. The average Bonchev–Trinajstić information content (AvgIpc) is 2.74. The highest BCUT2D eigenvalue weighted by molar-refractivity contribution is 9.10. The lowest BCUT2D eigenvalue weighted by Gasteiger charge is -2.36. The fraction of sp³-hybridized carbons (Fsp3) is 0.364. The van der Waals surface area contributed by atoms with Gasteiger partial charge in [0.25, 0.3) is 5.91 Å². The largest absolute Gasteiger partial charge is 0.484 e. The van der Waals surface area contributed by atoms with Crippen LogP contribution in [0.25, 0.3) is 0 Å². The Bertz CT molecular complexity index is 884. The second-order valence-corrected chi connectivity index (χ2v) is 8.40. The summed E-state index contributed by atoms with van der Waals surface area (Å²) in [6, 6.07) is 12.8. The molecule has 2 amide bonds. The Morgan fingerprint density at radius 2 is 1.80 bits per heavy atom. The van der Waals surface area contributed by atoms with Crippen molar-refractivity contribution in [2.24, 2.45) is 0 Å². The van der Waals surface area contributed by atoms with Crippen molar-refractivity contribution in [3.63, 3.8) is 0 Å². The summed E-state index contributed by atoms with van der Waals surface area (Å²) in [7, 11) is 0. The van der Waals surface area contributed by atoms with E-state index in [-0.39, 0.29) is 18.4 Å². The molecule has 2 aromatic rings. The van der Waals surface area contributed by atoms with Gasteiger partial charge in [-0.25, -0.2) is 0 Å². The number of hydrogen-bond acceptors (Lipinski definition) is 4. The molecule has 1 fully saturated rings. The van der Waals surface area contributed by atoms with Crippen molar-refractivity contribution in [2.45, 2.75) is 19.8 Å². The first kappa shape index (κ1) is 22.4. The summed E-state index contributed by atoms with van der Waals surface area (Å²) in [5.41, 5.74) is 1.52. The van der Waals surface area contributed by atoms with Crippen molar-refractivity contribution >= 4 is 50.7 Å². The second kappa shape index (κ2) is 10.7. The van der Waals surface area contributed by atoms with E-state index in [1.807, 2.05) is 36.1 Å². The fourth-order valence-corrected chi connectivity index (χ4v) is 3.85. The molecule has 8 heteroatoms. The van der Waals surface area contributed by atoms with Gasteiger partial charge in [0, 0.05) is 42.8 Å². The number of piperazine rings is 1. The predicted molar refractivity (Wildman–Crippen MR) is 123 cm³/mol. The van der Waals surface area contributed by atoms with Crippen molar-refractivity contribution in [2.75, 3.05) is 43.0 Å². The Balaban J connectivity index is 1.52. The van der Waals surface area contributed by atoms with Gasteiger partial charge in [0.1, 0.15) is 5.75 Å². The molecule has 1 heterocycles. The maximum absolute atomic E-state index is 12.2. The number of nitrogens with one attached hydrogen (secondary N) is 1. The van der Waals surface area contributed by atoms with Crippen LogP contribution in [0.3, 0.4) is 0 Å². The van der Waals surface area contributed by atoms with Crippen LogP contribution in [0.15, 0.2) is 46.9 Å². The van der Waals surface area contributed by atoms with E-state index in [9.17, 15) is 9.59 Å². The number of halogens is 2. The number of rotatable bonds is 7. The number of amides is 2. The van der Waals surface area contributed by atoms with E-state index >= 15 is 0 Å². The Kier molecular flexibility index (Phi) is 7.99. The summed E-state index contributed by atoms with van der Waals surface area (Å²) < 4.78 is 6.43. The van der Waals surface area contributed by atoms with Gasteiger partial charge < -0.3 is 19.9 Å². The Hall–Kier alpha value is -2.25. The van der Waals surface area contributed by atoms with Crippen LogP contribution in [0.2, 0.25) is 5.02 Å². The van der Waals surface area contributed by atoms with Crippen molar-refractivity contribution < 1.29 is 14.3 Å². The zero-order chi connectivity index (χ0) is 21.5. The third-order valence-corrected chi connectivity index (χ3v) is 5.68. The molecule has 0 spiro atoms. The van der Waals surface area contributed by atoms with Gasteiger partial charge in [0.05, 0.1) is 10.7 Å². The lowest BCUT2D eigenvalue weighted by molar-refractivity contribution is -0.131. The van der Waals surface area contributed by atoms with Crippen LogP contribution in [0.5, 0.6) is 5.75 Å². The van der Waals surface area contributed by atoms with Crippen LogP contribution < -0.4 is 15.0 Å². The molecular formula is C22H25BrClN3O3. The predicted octanol–water partition coefficient (Wildman–Crippen LogP) is 4.57. The van der Waals surface area contributed by atoms with Gasteiger partial charge >= 0.3 is 0 Å². The van der Waals surface area contributed by atoms with Crippen molar-refractivity contribution in [1.29, 1.82) is 0 Å². The van der Waals surface area contributed by atoms with Crippen LogP contribution in [0, 0.1) is 0 Å². The molecule has 1 aliphatic rings. The summed E-state index contributed by atoms with van der Waals surface area (Å²) in [5, 5.41) is 3.37. The molecule has 0 radical (unpaired) electrons. The van der Waals surface area contributed by atoms with E-state index < -0.39 is 0 Å². The maximum Gasteiger partial charge on any atom is 0.262 e. The summed E-state index contributed by atoms with van der Waals surface area (Å²) in [4.78, 5) is 28.3. The molecule has 0 bridgehead atoms. The maximum atomic E-state index is 12.2. The number of benzene rings is 2. The smallest absolute Gasteiger partial charge is 0.262 e. The number of hydrogen-bond donors (Lipinski definition) is 1. The van der Waals surface area contributed by atoms with Gasteiger partial charge in [0.15, 0.2) is 6.61 Å². The van der Waals surface area contributed by atoms with E-state index in [0.29, 0.717) is 36.0 Å². The third kappa shape index (κ3) is 6.12. The Morgan fingerprint density at radius 3 is 2.43 bits per heavy atom. The van der Waals surface area contributed by atoms with Gasteiger partial charge in [-0.1, -0.05) is 34.5 Å². The number of nitrogens with zero attached hydrogens (tertiary/aromatic N) is 2. The topological polar surface area (TPSA) is 61.9 Å². The van der Waals surface area contributed by atoms with Crippen LogP contribution in [-0.4, -0.2) is 49.5 Å². The summed E-state index contributed by atoms with van der Waals surface area (Å²) in [5.74, 6) is 0.578. The average molecular weight is 495 g/mol. The number of carbonyl (C=O) groups is 2. The molecule has 0 aliphatic carbocycles. The van der Waals surface area contributed by atoms with Crippen molar-refractivity contribution in [3.05, 3.63) is 52.0 Å². The lowest BCUT2D eigenvalue weighted by atomic mass is 10.2. The molecule has 0 saturated carbocycles. The van der Waals surface area contributed by atoms with Gasteiger partial charge in [-0.15, -0.1) is 0 Å². The molecular weight excluding hydrogens is 470 g/mol. The molecule has 1 N–H and O–H groups in total. The zero-order valence-electron chi connectivity index (χ0n) is 16.9. The Morgan fingerprint density at radius 1 is 1.10 bits per heavy atom. The molecule has 0 atom stereocenters. The summed E-state index contributed by atoms with van der Waals surface area (Å²) in [6.45, 7) is 4.79. The highest BCUT2D eigenvalue weighted by Gasteiger charge is 2.22. The van der Waals surface area contributed by atoms with E-state index in [1.165, 1.54) is 0 Å². The molecule has 0 aromatic heterocycles. The molecule has 1 saturated heterocycles. The highest BCUT2D eigenvalue weighted by Crippen LogP contribution is 2.30. The normalized spacial score (nSPS) is 13.8. The van der Waals surface area contributed by atoms with Gasteiger partial charge in [-0.05, 0) is 48.9 Å². The molecule has 160 valence electrons. The monoisotopic (exact) mass is 493 g/mol. The molecule has 3 rings (SSSR count). The Labute approximate surface area is 190 Å². The number of carbonyl (C=O) groups excluding carboxylic acids is 2. The van der Waals surface area contributed by atoms with Crippen LogP contribution in [-0.2, 0) is 9.59 Å². The van der Waals surface area contributed by atoms with Gasteiger partial charge in [-0.3, -0.25) is 9.59 Å². The quantitative estimate of drug-likeness (QED) is 0.612. The van der Waals surface area contributed by atoms with Crippen molar-refractivity contribution in [3.8, 4) is 5.75 Å². The molecule has 1 aliphatic heterocycles. The zero-order valence-corrected chi connectivity index (χ0v) is 19.2. The third-order valence-electron chi connectivity index (χ3n) is 4.85. The first-order valence-corrected chi connectivity index (χ1v) is 11.1. The second-order valence-electron chi connectivity index (χ2n) is 7.07. The van der Waals surface area contributed by atoms with E-state index in [1.54, 1.807) is 18.2 Å². The lowest BCUT2D eigenvalue weighted by Crippen LogP contribution is -2.48. The minimum atomic E-state index is -0.259. The first-order chi connectivity index (χ1) is 14.5. The minimum Gasteiger partial charge on any atom is -0.484 e. The minimum absolute atomic E-state index is 0.0885. The van der Waals surface area contributed by atoms with Crippen LogP contribution in [0.1, 0.15) is 19.8 Å². The van der Waals surface area contributed by atoms with Crippen LogP contribution >= 0.6 is 27.5 Å². The molecule has 0 unspecified atom stereocenters. The standard InChI is InChI=1S/C22H25BrClN3O3/c1-2-3-22(29)27-12-10-26(11-13-27)20-9-6-17(14-19(20)24)25-21(28)15-30-18-7-4-16(23)5-8-18/h4-9,14H,2-3,10-13,15H2,1H3,(H,25,28). The number of anilines is 2.